The second-order valence-corrected chi connectivity index (χ2v) is 4.62. The van der Waals surface area contributed by atoms with Crippen LogP contribution in [0, 0.1) is 5.92 Å². The number of nitrogens with one attached hydrogen (secondary N) is 2. The summed E-state index contributed by atoms with van der Waals surface area (Å²) in [4.78, 5) is 22.5. The van der Waals surface area contributed by atoms with Crippen LogP contribution in [0.25, 0.3) is 0 Å². The number of amides is 2. The lowest BCUT2D eigenvalue weighted by Gasteiger charge is -2.19. The van der Waals surface area contributed by atoms with Crippen molar-refractivity contribution in [2.24, 2.45) is 11.7 Å². The molecule has 2 unspecified atom stereocenters. The number of hydrogen-bond donors (Lipinski definition) is 3. The van der Waals surface area contributed by atoms with Crippen molar-refractivity contribution in [2.45, 2.75) is 31.4 Å². The van der Waals surface area contributed by atoms with Crippen LogP contribution in [-0.4, -0.2) is 43.7 Å². The molecule has 2 rings (SSSR count). The molecular weight excluding hydrogens is 222 g/mol. The van der Waals surface area contributed by atoms with Crippen molar-refractivity contribution in [3.63, 3.8) is 0 Å². The van der Waals surface area contributed by atoms with Crippen LogP contribution in [0.3, 0.4) is 0 Å². The van der Waals surface area contributed by atoms with E-state index in [1.165, 1.54) is 12.8 Å². The van der Waals surface area contributed by atoms with Gasteiger partial charge in [0, 0.05) is 6.61 Å². The highest BCUT2D eigenvalue weighted by atomic mass is 16.5. The van der Waals surface area contributed by atoms with Crippen LogP contribution in [0.4, 0.5) is 0 Å². The van der Waals surface area contributed by atoms with Crippen LogP contribution >= 0.6 is 0 Å². The van der Waals surface area contributed by atoms with Crippen molar-refractivity contribution >= 4 is 11.8 Å². The lowest BCUT2D eigenvalue weighted by Crippen LogP contribution is -2.46. The quantitative estimate of drug-likeness (QED) is 0.560. The van der Waals surface area contributed by atoms with E-state index in [9.17, 15) is 9.59 Å². The van der Waals surface area contributed by atoms with Gasteiger partial charge in [0.15, 0.2) is 0 Å². The van der Waals surface area contributed by atoms with Gasteiger partial charge in [0.25, 0.3) is 0 Å². The Labute approximate surface area is 100 Å². The van der Waals surface area contributed by atoms with Gasteiger partial charge < -0.3 is 21.1 Å². The highest BCUT2D eigenvalue weighted by Gasteiger charge is 2.41. The van der Waals surface area contributed by atoms with Gasteiger partial charge in [0.1, 0.15) is 0 Å². The van der Waals surface area contributed by atoms with E-state index in [1.807, 2.05) is 0 Å². The Morgan fingerprint density at radius 2 is 2.00 bits per heavy atom. The SMILES string of the molecule is NCC(=O)NCC(=O)NC1CCOC1C1CC1. The predicted molar refractivity (Wildman–Crippen MR) is 61.1 cm³/mol. The summed E-state index contributed by atoms with van der Waals surface area (Å²) in [6, 6.07) is 0.102. The molecule has 1 heterocycles. The van der Waals surface area contributed by atoms with E-state index >= 15 is 0 Å². The molecule has 17 heavy (non-hydrogen) atoms. The van der Waals surface area contributed by atoms with Crippen molar-refractivity contribution in [1.82, 2.24) is 10.6 Å². The average molecular weight is 241 g/mol. The van der Waals surface area contributed by atoms with Gasteiger partial charge in [-0.05, 0) is 25.2 Å². The van der Waals surface area contributed by atoms with Gasteiger partial charge in [-0.3, -0.25) is 9.59 Å². The molecular formula is C11H19N3O3. The summed E-state index contributed by atoms with van der Waals surface area (Å²) >= 11 is 0. The first-order valence-corrected chi connectivity index (χ1v) is 6.08. The van der Waals surface area contributed by atoms with E-state index in [2.05, 4.69) is 10.6 Å². The largest absolute Gasteiger partial charge is 0.376 e. The maximum Gasteiger partial charge on any atom is 0.239 e. The molecule has 2 amide bonds. The smallest absolute Gasteiger partial charge is 0.239 e. The van der Waals surface area contributed by atoms with E-state index in [4.69, 9.17) is 10.5 Å². The Morgan fingerprint density at radius 1 is 1.24 bits per heavy atom. The second kappa shape index (κ2) is 5.46. The Hall–Kier alpha value is -1.14. The van der Waals surface area contributed by atoms with Gasteiger partial charge in [0.05, 0.1) is 25.2 Å². The lowest BCUT2D eigenvalue weighted by molar-refractivity contribution is -0.126. The molecule has 6 heteroatoms. The molecule has 4 N–H and O–H groups in total. The Balaban J connectivity index is 1.72. The van der Waals surface area contributed by atoms with Crippen molar-refractivity contribution < 1.29 is 14.3 Å². The zero-order valence-corrected chi connectivity index (χ0v) is 9.78. The zero-order valence-electron chi connectivity index (χ0n) is 9.78. The maximum atomic E-state index is 11.6. The molecule has 1 saturated heterocycles. The molecule has 0 aromatic carbocycles. The number of carbonyl (C=O) groups excluding carboxylic acids is 2. The molecule has 2 atom stereocenters. The highest BCUT2D eigenvalue weighted by Crippen LogP contribution is 2.38. The number of hydrogen-bond acceptors (Lipinski definition) is 4. The summed E-state index contributed by atoms with van der Waals surface area (Å²) in [7, 11) is 0. The molecule has 0 bridgehead atoms. The Kier molecular flexibility index (Phi) is 3.96. The summed E-state index contributed by atoms with van der Waals surface area (Å²) in [6.45, 7) is 0.607. The van der Waals surface area contributed by atoms with E-state index in [0.717, 1.165) is 6.42 Å². The third-order valence-electron chi connectivity index (χ3n) is 3.20. The molecule has 0 aromatic heterocycles. The Bertz CT molecular complexity index is 304. The minimum Gasteiger partial charge on any atom is -0.376 e. The fourth-order valence-electron chi connectivity index (χ4n) is 2.16. The van der Waals surface area contributed by atoms with Gasteiger partial charge in [-0.15, -0.1) is 0 Å². The minimum absolute atomic E-state index is 0.0100. The second-order valence-electron chi connectivity index (χ2n) is 4.62. The van der Waals surface area contributed by atoms with E-state index < -0.39 is 0 Å². The highest BCUT2D eigenvalue weighted by molar-refractivity contribution is 5.85. The van der Waals surface area contributed by atoms with E-state index in [-0.39, 0.29) is 37.0 Å². The lowest BCUT2D eigenvalue weighted by atomic mass is 10.1. The number of rotatable bonds is 5. The molecule has 2 aliphatic rings. The third-order valence-corrected chi connectivity index (χ3v) is 3.20. The van der Waals surface area contributed by atoms with Crippen molar-refractivity contribution in [3.8, 4) is 0 Å². The number of nitrogens with two attached hydrogens (primary N) is 1. The van der Waals surface area contributed by atoms with Gasteiger partial charge in [-0.2, -0.15) is 0 Å². The van der Waals surface area contributed by atoms with Crippen LogP contribution < -0.4 is 16.4 Å². The minimum atomic E-state index is -0.318. The van der Waals surface area contributed by atoms with Gasteiger partial charge >= 0.3 is 0 Å². The average Bonchev–Trinajstić information content (AvgIpc) is 3.07. The Morgan fingerprint density at radius 3 is 2.65 bits per heavy atom. The van der Waals surface area contributed by atoms with Crippen molar-refractivity contribution in [1.29, 1.82) is 0 Å². The summed E-state index contributed by atoms with van der Waals surface area (Å²) in [6.07, 6.45) is 3.42. The molecule has 0 aromatic rings. The maximum absolute atomic E-state index is 11.6. The molecule has 1 aliphatic heterocycles. The van der Waals surface area contributed by atoms with E-state index in [0.29, 0.717) is 12.5 Å². The summed E-state index contributed by atoms with van der Waals surface area (Å²) in [5.74, 6) is 0.121. The first-order chi connectivity index (χ1) is 8.20. The molecule has 1 aliphatic carbocycles. The number of carbonyl (C=O) groups is 2. The van der Waals surface area contributed by atoms with Crippen molar-refractivity contribution in [3.05, 3.63) is 0 Å². The monoisotopic (exact) mass is 241 g/mol. The molecule has 6 nitrogen and oxygen atoms in total. The van der Waals surface area contributed by atoms with Crippen LogP contribution in [0.5, 0.6) is 0 Å². The first-order valence-electron chi connectivity index (χ1n) is 6.08. The molecule has 96 valence electrons. The topological polar surface area (TPSA) is 93.5 Å². The van der Waals surface area contributed by atoms with Gasteiger partial charge in [0.2, 0.25) is 11.8 Å². The zero-order chi connectivity index (χ0) is 12.3. The summed E-state index contributed by atoms with van der Waals surface area (Å²) in [5.41, 5.74) is 5.13. The van der Waals surface area contributed by atoms with Crippen LogP contribution in [0.2, 0.25) is 0 Å². The summed E-state index contributed by atoms with van der Waals surface area (Å²) < 4.78 is 5.62. The molecule has 2 fully saturated rings. The molecule has 0 radical (unpaired) electrons. The standard InChI is InChI=1S/C11H19N3O3/c12-5-9(15)13-6-10(16)14-8-3-4-17-11(8)7-1-2-7/h7-8,11H,1-6,12H2,(H,13,15)(H,14,16). The fourth-order valence-corrected chi connectivity index (χ4v) is 2.16. The van der Waals surface area contributed by atoms with Gasteiger partial charge in [-0.25, -0.2) is 0 Å². The predicted octanol–water partition coefficient (Wildman–Crippen LogP) is -1.25. The number of ether oxygens (including phenoxy) is 1. The first kappa shape index (κ1) is 12.3. The van der Waals surface area contributed by atoms with Gasteiger partial charge in [-0.1, -0.05) is 0 Å². The van der Waals surface area contributed by atoms with E-state index in [1.54, 1.807) is 0 Å². The van der Waals surface area contributed by atoms with Crippen LogP contribution in [-0.2, 0) is 14.3 Å². The fraction of sp³-hybridized carbons (Fsp3) is 0.818. The molecule has 1 saturated carbocycles. The van der Waals surface area contributed by atoms with Crippen LogP contribution in [0.1, 0.15) is 19.3 Å². The summed E-state index contributed by atoms with van der Waals surface area (Å²) in [5, 5.41) is 5.36. The molecule has 0 spiro atoms. The van der Waals surface area contributed by atoms with Crippen molar-refractivity contribution in [2.75, 3.05) is 19.7 Å². The third kappa shape index (κ3) is 3.41. The van der Waals surface area contributed by atoms with Crippen LogP contribution in [0.15, 0.2) is 0 Å². The normalized spacial score (nSPS) is 27.8.